The lowest BCUT2D eigenvalue weighted by Crippen LogP contribution is -2.33. The average Bonchev–Trinajstić information content (AvgIpc) is 2.48. The molecule has 2 aromatic rings. The van der Waals surface area contributed by atoms with E-state index in [1.54, 1.807) is 18.2 Å². The van der Waals surface area contributed by atoms with Crippen molar-refractivity contribution in [2.75, 3.05) is 10.7 Å². The molecule has 0 radical (unpaired) electrons. The van der Waals surface area contributed by atoms with Crippen molar-refractivity contribution in [1.82, 2.24) is 5.43 Å². The molecule has 108 valence electrons. The fourth-order valence-corrected chi connectivity index (χ4v) is 1.70. The number of hydrogen-bond acceptors (Lipinski definition) is 4. The third-order valence-electron chi connectivity index (χ3n) is 2.50. The Bertz CT molecular complexity index is 681. The van der Waals surface area contributed by atoms with Gasteiger partial charge in [-0.15, -0.1) is 0 Å². The number of hydrazine groups is 1. The van der Waals surface area contributed by atoms with Crippen LogP contribution in [0, 0.1) is 15.9 Å². The monoisotopic (exact) mass is 306 g/mol. The summed E-state index contributed by atoms with van der Waals surface area (Å²) in [6.07, 6.45) is 0. The molecule has 0 aliphatic carbocycles. The smallest absolute Gasteiger partial charge is 0.271 e. The molecule has 0 saturated carbocycles. The van der Waals surface area contributed by atoms with Gasteiger partial charge in [-0.05, 0) is 30.4 Å². The van der Waals surface area contributed by atoms with Gasteiger partial charge in [0.05, 0.1) is 16.3 Å². The largest absolute Gasteiger partial charge is 0.329 e. The zero-order valence-corrected chi connectivity index (χ0v) is 11.5. The minimum atomic E-state index is -0.499. The summed E-state index contributed by atoms with van der Waals surface area (Å²) in [5, 5.41) is 13.4. The van der Waals surface area contributed by atoms with E-state index in [2.05, 4.69) is 16.2 Å². The van der Waals surface area contributed by atoms with Crippen LogP contribution in [0.4, 0.5) is 21.5 Å². The van der Waals surface area contributed by atoms with Crippen LogP contribution in [0.15, 0.2) is 48.5 Å². The van der Waals surface area contributed by atoms with Gasteiger partial charge in [-0.3, -0.25) is 21.0 Å². The van der Waals surface area contributed by atoms with Crippen molar-refractivity contribution in [2.24, 2.45) is 0 Å². The van der Waals surface area contributed by atoms with Crippen LogP contribution < -0.4 is 16.2 Å². The lowest BCUT2D eigenvalue weighted by Gasteiger charge is -2.12. The Kier molecular flexibility index (Phi) is 4.62. The topological polar surface area (TPSA) is 79.2 Å². The van der Waals surface area contributed by atoms with E-state index < -0.39 is 10.7 Å². The number of halogens is 1. The molecule has 2 rings (SSSR count). The molecule has 0 spiro atoms. The lowest BCUT2D eigenvalue weighted by molar-refractivity contribution is -0.384. The molecule has 0 aliphatic heterocycles. The van der Waals surface area contributed by atoms with E-state index >= 15 is 0 Å². The SMILES string of the molecule is O=[N+]([O-])c1cccc(NNC(=S)Nc2ccccc2F)c1. The Morgan fingerprint density at radius 2 is 1.95 bits per heavy atom. The van der Waals surface area contributed by atoms with Crippen LogP contribution in [0.3, 0.4) is 0 Å². The number of benzene rings is 2. The van der Waals surface area contributed by atoms with Gasteiger partial charge < -0.3 is 5.32 Å². The maximum atomic E-state index is 13.4. The lowest BCUT2D eigenvalue weighted by atomic mass is 10.3. The van der Waals surface area contributed by atoms with Crippen molar-refractivity contribution in [3.05, 3.63) is 64.5 Å². The van der Waals surface area contributed by atoms with Crippen molar-refractivity contribution in [1.29, 1.82) is 0 Å². The summed E-state index contributed by atoms with van der Waals surface area (Å²) in [7, 11) is 0. The van der Waals surface area contributed by atoms with Crippen molar-refractivity contribution < 1.29 is 9.31 Å². The summed E-state index contributed by atoms with van der Waals surface area (Å²) in [6, 6.07) is 12.0. The molecule has 0 heterocycles. The molecule has 0 saturated heterocycles. The number of para-hydroxylation sites is 1. The molecular formula is C13H11FN4O2S. The number of non-ortho nitro benzene ring substituents is 1. The van der Waals surface area contributed by atoms with E-state index in [-0.39, 0.29) is 16.5 Å². The number of nitro groups is 1. The van der Waals surface area contributed by atoms with E-state index in [0.29, 0.717) is 5.69 Å². The van der Waals surface area contributed by atoms with E-state index in [1.807, 2.05) is 0 Å². The highest BCUT2D eigenvalue weighted by molar-refractivity contribution is 7.80. The first-order valence-electron chi connectivity index (χ1n) is 5.88. The van der Waals surface area contributed by atoms with Gasteiger partial charge in [-0.1, -0.05) is 18.2 Å². The summed E-state index contributed by atoms with van der Waals surface area (Å²) < 4.78 is 13.4. The van der Waals surface area contributed by atoms with Gasteiger partial charge in [-0.25, -0.2) is 4.39 Å². The van der Waals surface area contributed by atoms with Crippen molar-refractivity contribution in [2.45, 2.75) is 0 Å². The predicted molar refractivity (Wildman–Crippen MR) is 82.5 cm³/mol. The van der Waals surface area contributed by atoms with Gasteiger partial charge in [0, 0.05) is 12.1 Å². The maximum absolute atomic E-state index is 13.4. The van der Waals surface area contributed by atoms with Crippen LogP contribution in [0.2, 0.25) is 0 Å². The molecule has 0 aromatic heterocycles. The first kappa shape index (κ1) is 14.7. The molecule has 3 N–H and O–H groups in total. The fourth-order valence-electron chi connectivity index (χ4n) is 1.54. The fraction of sp³-hybridized carbons (Fsp3) is 0. The van der Waals surface area contributed by atoms with Crippen LogP contribution in [0.25, 0.3) is 0 Å². The molecule has 21 heavy (non-hydrogen) atoms. The van der Waals surface area contributed by atoms with Gasteiger partial charge in [0.2, 0.25) is 0 Å². The van der Waals surface area contributed by atoms with Crippen LogP contribution in [0.1, 0.15) is 0 Å². The Hall–Kier alpha value is -2.74. The quantitative estimate of drug-likeness (QED) is 0.458. The number of anilines is 2. The summed E-state index contributed by atoms with van der Waals surface area (Å²) in [5.74, 6) is -0.433. The summed E-state index contributed by atoms with van der Waals surface area (Å²) >= 11 is 4.99. The molecule has 0 aliphatic rings. The predicted octanol–water partition coefficient (Wildman–Crippen LogP) is 3.05. The number of hydrogen-bond donors (Lipinski definition) is 3. The number of nitrogens with zero attached hydrogens (tertiary/aromatic N) is 1. The summed E-state index contributed by atoms with van der Waals surface area (Å²) in [5.41, 5.74) is 5.97. The first-order valence-corrected chi connectivity index (χ1v) is 6.29. The van der Waals surface area contributed by atoms with Crippen LogP contribution in [-0.2, 0) is 0 Å². The Morgan fingerprint density at radius 3 is 2.67 bits per heavy atom. The Balaban J connectivity index is 1.94. The van der Waals surface area contributed by atoms with Gasteiger partial charge in [0.1, 0.15) is 5.82 Å². The van der Waals surface area contributed by atoms with E-state index in [9.17, 15) is 14.5 Å². The van der Waals surface area contributed by atoms with Gasteiger partial charge >= 0.3 is 0 Å². The maximum Gasteiger partial charge on any atom is 0.271 e. The minimum absolute atomic E-state index is 0.0465. The zero-order chi connectivity index (χ0) is 15.2. The molecule has 2 aromatic carbocycles. The zero-order valence-electron chi connectivity index (χ0n) is 10.7. The second kappa shape index (κ2) is 6.62. The number of thiocarbonyl (C=S) groups is 1. The van der Waals surface area contributed by atoms with Crippen LogP contribution in [0.5, 0.6) is 0 Å². The molecule has 0 atom stereocenters. The van der Waals surface area contributed by atoms with Crippen LogP contribution in [-0.4, -0.2) is 10.0 Å². The number of nitro benzene ring substituents is 1. The second-order valence-corrected chi connectivity index (χ2v) is 4.40. The molecular weight excluding hydrogens is 295 g/mol. The normalized spacial score (nSPS) is 9.76. The van der Waals surface area contributed by atoms with Crippen molar-refractivity contribution in [3.8, 4) is 0 Å². The highest BCUT2D eigenvalue weighted by Crippen LogP contribution is 2.16. The average molecular weight is 306 g/mol. The van der Waals surface area contributed by atoms with Gasteiger partial charge in [-0.2, -0.15) is 0 Å². The molecule has 0 fully saturated rings. The Morgan fingerprint density at radius 1 is 1.19 bits per heavy atom. The molecule has 0 unspecified atom stereocenters. The van der Waals surface area contributed by atoms with Gasteiger partial charge in [0.25, 0.3) is 5.69 Å². The van der Waals surface area contributed by atoms with Crippen molar-refractivity contribution in [3.63, 3.8) is 0 Å². The van der Waals surface area contributed by atoms with Crippen LogP contribution >= 0.6 is 12.2 Å². The summed E-state index contributed by atoms with van der Waals surface area (Å²) in [6.45, 7) is 0. The van der Waals surface area contributed by atoms with E-state index in [0.717, 1.165) is 0 Å². The minimum Gasteiger partial charge on any atom is -0.329 e. The first-order chi connectivity index (χ1) is 10.1. The van der Waals surface area contributed by atoms with Crippen molar-refractivity contribution >= 4 is 34.4 Å². The molecule has 0 bridgehead atoms. The molecule has 6 nitrogen and oxygen atoms in total. The third-order valence-corrected chi connectivity index (χ3v) is 2.70. The van der Waals surface area contributed by atoms with E-state index in [4.69, 9.17) is 12.2 Å². The Labute approximate surface area is 125 Å². The standard InChI is InChI=1S/C13H11FN4O2S/c14-11-6-1-2-7-12(11)15-13(21)17-16-9-4-3-5-10(8-9)18(19)20/h1-8,16H,(H2,15,17,21). The van der Waals surface area contributed by atoms with Gasteiger partial charge in [0.15, 0.2) is 5.11 Å². The number of rotatable bonds is 4. The molecule has 8 heteroatoms. The second-order valence-electron chi connectivity index (χ2n) is 3.99. The highest BCUT2D eigenvalue weighted by Gasteiger charge is 2.06. The van der Waals surface area contributed by atoms with E-state index in [1.165, 1.54) is 30.3 Å². The highest BCUT2D eigenvalue weighted by atomic mass is 32.1. The third kappa shape index (κ3) is 4.11. The number of nitrogens with one attached hydrogen (secondary N) is 3. The molecule has 0 amide bonds. The summed E-state index contributed by atoms with van der Waals surface area (Å²) in [4.78, 5) is 10.1.